The van der Waals surface area contributed by atoms with Crippen LogP contribution in [0.1, 0.15) is 33.1 Å². The first-order chi connectivity index (χ1) is 8.58. The van der Waals surface area contributed by atoms with Crippen molar-refractivity contribution in [1.82, 2.24) is 5.32 Å². The van der Waals surface area contributed by atoms with Crippen LogP contribution in [0, 0.1) is 10.8 Å². The molecule has 0 aliphatic heterocycles. The molecule has 0 rings (SSSR count). The van der Waals surface area contributed by atoms with Crippen LogP contribution < -0.4 is 5.32 Å². The Balaban J connectivity index is 4.71. The molecule has 0 aromatic carbocycles. The minimum absolute atomic E-state index is 0.349. The van der Waals surface area contributed by atoms with Crippen molar-refractivity contribution >= 4 is 12.2 Å². The fraction of sp³-hybridized carbons (Fsp3) is 0.333. The Hall–Kier alpha value is -1.90. The van der Waals surface area contributed by atoms with Gasteiger partial charge >= 0.3 is 0 Å². The van der Waals surface area contributed by atoms with Gasteiger partial charge in [-0.05, 0) is 30.9 Å². The molecule has 0 unspecified atom stereocenters. The van der Waals surface area contributed by atoms with Crippen molar-refractivity contribution in [2.75, 3.05) is 0 Å². The number of allylic oxidation sites excluding steroid dienone is 6. The molecule has 0 atom stereocenters. The molecular weight excluding hydrogens is 222 g/mol. The van der Waals surface area contributed by atoms with Gasteiger partial charge in [-0.2, -0.15) is 0 Å². The van der Waals surface area contributed by atoms with Crippen LogP contribution in [0.4, 0.5) is 0 Å². The topological polar surface area (TPSA) is 59.7 Å². The van der Waals surface area contributed by atoms with Crippen LogP contribution >= 0.6 is 0 Å². The summed E-state index contributed by atoms with van der Waals surface area (Å²) in [4.78, 5) is 0. The van der Waals surface area contributed by atoms with E-state index in [1.165, 1.54) is 0 Å². The molecule has 0 aliphatic carbocycles. The van der Waals surface area contributed by atoms with E-state index in [-0.39, 0.29) is 0 Å². The average Bonchev–Trinajstić information content (AvgIpc) is 2.37. The third-order valence-electron chi connectivity index (χ3n) is 2.64. The molecule has 0 aliphatic rings. The molecule has 3 heteroatoms. The van der Waals surface area contributed by atoms with E-state index in [9.17, 15) is 0 Å². The highest BCUT2D eigenvalue weighted by molar-refractivity contribution is 5.88. The van der Waals surface area contributed by atoms with Crippen LogP contribution in [0.5, 0.6) is 0 Å². The largest absolute Gasteiger partial charge is 0.336 e. The normalized spacial score (nSPS) is 11.9. The number of hydrogen-bond donors (Lipinski definition) is 3. The van der Waals surface area contributed by atoms with E-state index in [1.54, 1.807) is 0 Å². The lowest BCUT2D eigenvalue weighted by atomic mass is 9.98. The highest BCUT2D eigenvalue weighted by Gasteiger charge is 2.03. The molecule has 98 valence electrons. The SMILES string of the molecule is C=CC(=C/C(=C)CC)/C(=C\C)CCC(=N)NC=N. The monoisotopic (exact) mass is 245 g/mol. The first kappa shape index (κ1) is 16.1. The Labute approximate surface area is 110 Å². The predicted molar refractivity (Wildman–Crippen MR) is 80.3 cm³/mol. The summed E-state index contributed by atoms with van der Waals surface area (Å²) in [5.41, 5.74) is 3.28. The number of nitrogens with one attached hydrogen (secondary N) is 3. The van der Waals surface area contributed by atoms with Gasteiger partial charge < -0.3 is 5.32 Å². The van der Waals surface area contributed by atoms with Gasteiger partial charge in [0.1, 0.15) is 0 Å². The molecule has 3 nitrogen and oxygen atoms in total. The molecule has 0 spiro atoms. The smallest absolute Gasteiger partial charge is 0.0986 e. The summed E-state index contributed by atoms with van der Waals surface area (Å²) in [7, 11) is 0. The van der Waals surface area contributed by atoms with Gasteiger partial charge in [0.2, 0.25) is 0 Å². The maximum absolute atomic E-state index is 7.58. The fourth-order valence-corrected chi connectivity index (χ4v) is 1.48. The third kappa shape index (κ3) is 5.99. The molecule has 3 N–H and O–H groups in total. The molecule has 0 radical (unpaired) electrons. The quantitative estimate of drug-likeness (QED) is 0.338. The molecule has 0 saturated heterocycles. The zero-order valence-corrected chi connectivity index (χ0v) is 11.3. The van der Waals surface area contributed by atoms with Gasteiger partial charge in [-0.25, -0.2) is 0 Å². The van der Waals surface area contributed by atoms with E-state index in [1.807, 2.05) is 25.2 Å². The third-order valence-corrected chi connectivity index (χ3v) is 2.64. The highest BCUT2D eigenvalue weighted by atomic mass is 14.9. The van der Waals surface area contributed by atoms with Gasteiger partial charge in [-0.3, -0.25) is 10.8 Å². The van der Waals surface area contributed by atoms with Crippen LogP contribution in [0.2, 0.25) is 0 Å². The molecule has 0 aromatic rings. The summed E-state index contributed by atoms with van der Waals surface area (Å²) < 4.78 is 0. The zero-order chi connectivity index (χ0) is 14.0. The summed E-state index contributed by atoms with van der Waals surface area (Å²) in [6, 6.07) is 0. The van der Waals surface area contributed by atoms with Crippen molar-refractivity contribution in [3.05, 3.63) is 48.1 Å². The first-order valence-electron chi connectivity index (χ1n) is 6.09. The van der Waals surface area contributed by atoms with E-state index in [0.29, 0.717) is 12.3 Å². The molecule has 0 fully saturated rings. The number of hydrogen-bond acceptors (Lipinski definition) is 2. The van der Waals surface area contributed by atoms with Crippen molar-refractivity contribution < 1.29 is 0 Å². The summed E-state index contributed by atoms with van der Waals surface area (Å²) >= 11 is 0. The Bertz CT molecular complexity index is 387. The van der Waals surface area contributed by atoms with Crippen molar-refractivity contribution in [3.8, 4) is 0 Å². The van der Waals surface area contributed by atoms with Crippen LogP contribution in [0.3, 0.4) is 0 Å². The fourth-order valence-electron chi connectivity index (χ4n) is 1.48. The van der Waals surface area contributed by atoms with Crippen LogP contribution in [0.25, 0.3) is 0 Å². The van der Waals surface area contributed by atoms with E-state index in [0.717, 1.165) is 35.9 Å². The summed E-state index contributed by atoms with van der Waals surface area (Å²) in [5.74, 6) is 0.349. The zero-order valence-electron chi connectivity index (χ0n) is 11.3. The Morgan fingerprint density at radius 2 is 2.00 bits per heavy atom. The number of rotatable bonds is 8. The summed E-state index contributed by atoms with van der Waals surface area (Å²) in [6.45, 7) is 11.8. The van der Waals surface area contributed by atoms with Crippen LogP contribution in [-0.2, 0) is 0 Å². The molecule has 0 bridgehead atoms. The van der Waals surface area contributed by atoms with Gasteiger partial charge in [0.25, 0.3) is 0 Å². The van der Waals surface area contributed by atoms with Gasteiger partial charge in [0.15, 0.2) is 0 Å². The number of amidine groups is 1. The standard InChI is InChI=1S/C15H23N3/c1-5-12(4)10-14(7-3)13(6-2)8-9-15(17)18-11-16/h6-7,10-11H,3-5,8-9H2,1-2H3,(H3,16,17,18)/b13-6-,14-10-. The molecule has 0 amide bonds. The van der Waals surface area contributed by atoms with Crippen LogP contribution in [-0.4, -0.2) is 12.2 Å². The second-order valence-corrected chi connectivity index (χ2v) is 3.90. The van der Waals surface area contributed by atoms with Gasteiger partial charge in [0.05, 0.1) is 12.2 Å². The van der Waals surface area contributed by atoms with E-state index in [2.05, 4.69) is 25.4 Å². The van der Waals surface area contributed by atoms with Crippen molar-refractivity contribution in [2.24, 2.45) is 0 Å². The maximum atomic E-state index is 7.58. The maximum Gasteiger partial charge on any atom is 0.0986 e. The minimum atomic E-state index is 0.349. The second kappa shape index (κ2) is 9.16. The lowest BCUT2D eigenvalue weighted by molar-refractivity contribution is 0.986. The Kier molecular flexibility index (Phi) is 8.20. The second-order valence-electron chi connectivity index (χ2n) is 3.90. The Morgan fingerprint density at radius 1 is 1.33 bits per heavy atom. The van der Waals surface area contributed by atoms with Crippen LogP contribution in [0.15, 0.2) is 48.1 Å². The molecular formula is C15H23N3. The predicted octanol–water partition coefficient (Wildman–Crippen LogP) is 3.97. The lowest BCUT2D eigenvalue weighted by Gasteiger charge is -2.09. The van der Waals surface area contributed by atoms with E-state index in [4.69, 9.17) is 10.8 Å². The van der Waals surface area contributed by atoms with Gasteiger partial charge in [-0.1, -0.05) is 43.9 Å². The molecule has 0 aromatic heterocycles. The van der Waals surface area contributed by atoms with Gasteiger partial charge in [0, 0.05) is 6.42 Å². The lowest BCUT2D eigenvalue weighted by Crippen LogP contribution is -2.19. The molecule has 0 saturated carbocycles. The van der Waals surface area contributed by atoms with E-state index >= 15 is 0 Å². The van der Waals surface area contributed by atoms with Gasteiger partial charge in [-0.15, -0.1) is 0 Å². The van der Waals surface area contributed by atoms with Crippen molar-refractivity contribution in [1.29, 1.82) is 10.8 Å². The van der Waals surface area contributed by atoms with Crippen molar-refractivity contribution in [3.63, 3.8) is 0 Å². The first-order valence-corrected chi connectivity index (χ1v) is 6.09. The average molecular weight is 245 g/mol. The highest BCUT2D eigenvalue weighted by Crippen LogP contribution is 2.19. The summed E-state index contributed by atoms with van der Waals surface area (Å²) in [5, 5.41) is 17.0. The Morgan fingerprint density at radius 3 is 2.44 bits per heavy atom. The van der Waals surface area contributed by atoms with Crippen molar-refractivity contribution in [2.45, 2.75) is 33.1 Å². The minimum Gasteiger partial charge on any atom is -0.336 e. The molecule has 0 heterocycles. The summed E-state index contributed by atoms with van der Waals surface area (Å²) in [6.07, 6.45) is 9.18. The molecule has 18 heavy (non-hydrogen) atoms. The van der Waals surface area contributed by atoms with E-state index < -0.39 is 0 Å².